The summed E-state index contributed by atoms with van der Waals surface area (Å²) in [5.74, 6) is 0. The maximum atomic E-state index is 12.2. The number of halogens is 3. The first kappa shape index (κ1) is 14.2. The fourth-order valence-corrected chi connectivity index (χ4v) is 1.08. The third kappa shape index (κ3) is 7.12. The third-order valence-corrected chi connectivity index (χ3v) is 1.90. The molecule has 1 unspecified atom stereocenters. The summed E-state index contributed by atoms with van der Waals surface area (Å²) in [6.45, 7) is 0.972. The van der Waals surface area contributed by atoms with Crippen molar-refractivity contribution in [2.75, 3.05) is 13.1 Å². The molecule has 0 saturated carbocycles. The first-order valence-electron chi connectivity index (χ1n) is 4.79. The van der Waals surface area contributed by atoms with Gasteiger partial charge in [0.2, 0.25) is 6.54 Å². The van der Waals surface area contributed by atoms with Gasteiger partial charge < -0.3 is 5.32 Å². The van der Waals surface area contributed by atoms with Crippen LogP contribution in [0, 0.1) is 10.1 Å². The molecular weight excluding hydrogens is 213 g/mol. The van der Waals surface area contributed by atoms with Gasteiger partial charge in [0, 0.05) is 4.92 Å². The molecule has 0 heterocycles. The van der Waals surface area contributed by atoms with Gasteiger partial charge in [-0.1, -0.05) is 19.8 Å². The van der Waals surface area contributed by atoms with Gasteiger partial charge in [0.1, 0.15) is 0 Å². The van der Waals surface area contributed by atoms with Crippen LogP contribution in [0.1, 0.15) is 26.2 Å². The van der Waals surface area contributed by atoms with Crippen LogP contribution in [-0.4, -0.2) is 30.2 Å². The zero-order valence-corrected chi connectivity index (χ0v) is 8.51. The average Bonchev–Trinajstić information content (AvgIpc) is 2.08. The van der Waals surface area contributed by atoms with E-state index in [0.29, 0.717) is 6.42 Å². The van der Waals surface area contributed by atoms with Gasteiger partial charge in [-0.05, 0) is 13.0 Å². The predicted molar refractivity (Wildman–Crippen MR) is 49.2 cm³/mol. The summed E-state index contributed by atoms with van der Waals surface area (Å²) in [7, 11) is 0. The van der Waals surface area contributed by atoms with E-state index in [1.165, 1.54) is 0 Å². The van der Waals surface area contributed by atoms with E-state index in [0.717, 1.165) is 12.8 Å². The van der Waals surface area contributed by atoms with Crippen molar-refractivity contribution < 1.29 is 18.1 Å². The van der Waals surface area contributed by atoms with Crippen molar-refractivity contribution in [3.8, 4) is 0 Å². The van der Waals surface area contributed by atoms with E-state index in [9.17, 15) is 23.3 Å². The molecule has 0 aromatic heterocycles. The zero-order chi connectivity index (χ0) is 11.9. The van der Waals surface area contributed by atoms with Gasteiger partial charge in [0.15, 0.2) is 6.04 Å². The molecule has 0 bridgehead atoms. The molecule has 0 aromatic rings. The second-order valence-corrected chi connectivity index (χ2v) is 3.27. The first-order valence-corrected chi connectivity index (χ1v) is 4.79. The van der Waals surface area contributed by atoms with Crippen LogP contribution in [0.4, 0.5) is 13.2 Å². The highest BCUT2D eigenvalue weighted by atomic mass is 19.4. The Morgan fingerprint density at radius 3 is 2.40 bits per heavy atom. The molecule has 4 nitrogen and oxygen atoms in total. The normalized spacial score (nSPS) is 13.9. The van der Waals surface area contributed by atoms with E-state index in [-0.39, 0.29) is 6.54 Å². The molecule has 0 aliphatic rings. The first-order chi connectivity index (χ1) is 6.88. The minimum atomic E-state index is -4.56. The van der Waals surface area contributed by atoms with Crippen molar-refractivity contribution in [3.63, 3.8) is 0 Å². The highest BCUT2D eigenvalue weighted by Crippen LogP contribution is 2.20. The van der Waals surface area contributed by atoms with Gasteiger partial charge in [-0.2, -0.15) is 13.2 Å². The summed E-state index contributed by atoms with van der Waals surface area (Å²) in [4.78, 5) is 9.06. The van der Waals surface area contributed by atoms with E-state index >= 15 is 0 Å². The van der Waals surface area contributed by atoms with Crippen LogP contribution in [-0.2, 0) is 0 Å². The van der Waals surface area contributed by atoms with Crippen molar-refractivity contribution >= 4 is 0 Å². The summed E-state index contributed by atoms with van der Waals surface area (Å²) in [6.07, 6.45) is -2.25. The Labute approximate surface area is 86.0 Å². The number of alkyl halides is 3. The van der Waals surface area contributed by atoms with Gasteiger partial charge in [-0.25, -0.2) is 0 Å². The minimum Gasteiger partial charge on any atom is -0.301 e. The summed E-state index contributed by atoms with van der Waals surface area (Å²) >= 11 is 0. The topological polar surface area (TPSA) is 55.2 Å². The maximum Gasteiger partial charge on any atom is 0.410 e. The molecular formula is C8H15F3N2O2. The number of nitrogens with one attached hydrogen (secondary N) is 1. The molecule has 0 aliphatic carbocycles. The summed E-state index contributed by atoms with van der Waals surface area (Å²) in [5, 5.41) is 12.2. The van der Waals surface area contributed by atoms with Crippen molar-refractivity contribution in [2.45, 2.75) is 38.4 Å². The van der Waals surface area contributed by atoms with Crippen LogP contribution in [0.2, 0.25) is 0 Å². The third-order valence-electron chi connectivity index (χ3n) is 1.90. The highest BCUT2D eigenvalue weighted by Gasteiger charge is 2.42. The highest BCUT2D eigenvalue weighted by molar-refractivity contribution is 4.74. The molecule has 15 heavy (non-hydrogen) atoms. The Hall–Kier alpha value is -0.850. The zero-order valence-electron chi connectivity index (χ0n) is 8.51. The maximum absolute atomic E-state index is 12.2. The Kier molecular flexibility index (Phi) is 6.23. The second-order valence-electron chi connectivity index (χ2n) is 3.27. The van der Waals surface area contributed by atoms with E-state index in [4.69, 9.17) is 0 Å². The number of unbranched alkanes of at least 4 members (excludes halogenated alkanes) is 2. The molecule has 0 rings (SSSR count). The summed E-state index contributed by atoms with van der Waals surface area (Å²) in [6, 6.07) is -2.04. The number of nitrogens with zero attached hydrogens (tertiary/aromatic N) is 1. The minimum absolute atomic E-state index is 0.159. The molecule has 0 radical (unpaired) electrons. The standard InChI is InChI=1S/C8H15F3N2O2/c1-2-3-4-5-12-7(6-13(14)15)8(9,10)11/h7,12H,2-6H2,1H3. The van der Waals surface area contributed by atoms with Gasteiger partial charge in [-0.3, -0.25) is 10.1 Å². The van der Waals surface area contributed by atoms with Crippen LogP contribution in [0.5, 0.6) is 0 Å². The Morgan fingerprint density at radius 1 is 1.40 bits per heavy atom. The van der Waals surface area contributed by atoms with Crippen LogP contribution in [0.3, 0.4) is 0 Å². The summed E-state index contributed by atoms with van der Waals surface area (Å²) in [5.41, 5.74) is 0. The fourth-order valence-electron chi connectivity index (χ4n) is 1.08. The lowest BCUT2D eigenvalue weighted by molar-refractivity contribution is -0.491. The Bertz CT molecular complexity index is 197. The lowest BCUT2D eigenvalue weighted by atomic mass is 10.2. The van der Waals surface area contributed by atoms with E-state index in [2.05, 4.69) is 5.32 Å². The van der Waals surface area contributed by atoms with Crippen molar-refractivity contribution in [1.29, 1.82) is 0 Å². The Morgan fingerprint density at radius 2 is 2.00 bits per heavy atom. The fraction of sp³-hybridized carbons (Fsp3) is 1.00. The predicted octanol–water partition coefficient (Wildman–Crippen LogP) is 1.97. The van der Waals surface area contributed by atoms with Crippen LogP contribution in [0.25, 0.3) is 0 Å². The van der Waals surface area contributed by atoms with Crippen LogP contribution in [0.15, 0.2) is 0 Å². The molecule has 0 saturated heterocycles. The van der Waals surface area contributed by atoms with E-state index < -0.39 is 23.7 Å². The molecule has 0 amide bonds. The monoisotopic (exact) mass is 228 g/mol. The number of rotatable bonds is 7. The quantitative estimate of drug-likeness (QED) is 0.412. The van der Waals surface area contributed by atoms with Crippen molar-refractivity contribution in [3.05, 3.63) is 10.1 Å². The van der Waals surface area contributed by atoms with Gasteiger partial charge in [0.05, 0.1) is 0 Å². The molecule has 0 aromatic carbocycles. The summed E-state index contributed by atoms with van der Waals surface area (Å²) < 4.78 is 36.7. The van der Waals surface area contributed by atoms with Gasteiger partial charge in [-0.15, -0.1) is 0 Å². The molecule has 1 atom stereocenters. The molecule has 7 heteroatoms. The second kappa shape index (κ2) is 6.60. The van der Waals surface area contributed by atoms with Gasteiger partial charge >= 0.3 is 6.18 Å². The van der Waals surface area contributed by atoms with Crippen LogP contribution >= 0.6 is 0 Å². The number of hydrogen-bond donors (Lipinski definition) is 1. The SMILES string of the molecule is CCCCCNC(C[N+](=O)[O-])C(F)(F)F. The molecule has 0 fully saturated rings. The Balaban J connectivity index is 3.97. The molecule has 0 aliphatic heterocycles. The smallest absolute Gasteiger partial charge is 0.301 e. The number of nitro groups is 1. The van der Waals surface area contributed by atoms with E-state index in [1.807, 2.05) is 6.92 Å². The van der Waals surface area contributed by atoms with E-state index in [1.54, 1.807) is 0 Å². The molecule has 1 N–H and O–H groups in total. The lowest BCUT2D eigenvalue weighted by Crippen LogP contribution is -2.47. The average molecular weight is 228 g/mol. The van der Waals surface area contributed by atoms with Gasteiger partial charge in [0.25, 0.3) is 0 Å². The molecule has 0 spiro atoms. The van der Waals surface area contributed by atoms with Crippen molar-refractivity contribution in [2.24, 2.45) is 0 Å². The number of hydrogen-bond acceptors (Lipinski definition) is 3. The largest absolute Gasteiger partial charge is 0.410 e. The van der Waals surface area contributed by atoms with Crippen LogP contribution < -0.4 is 5.32 Å². The molecule has 90 valence electrons. The lowest BCUT2D eigenvalue weighted by Gasteiger charge is -2.17. The van der Waals surface area contributed by atoms with Crippen molar-refractivity contribution in [1.82, 2.24) is 5.32 Å².